The van der Waals surface area contributed by atoms with Crippen LogP contribution >= 0.6 is 11.3 Å². The molecule has 1 saturated carbocycles. The van der Waals surface area contributed by atoms with Crippen LogP contribution in [-0.2, 0) is 6.54 Å². The maximum atomic E-state index is 5.67. The van der Waals surface area contributed by atoms with Gasteiger partial charge in [-0.15, -0.1) is 0 Å². The highest BCUT2D eigenvalue weighted by Crippen LogP contribution is 2.18. The molecule has 0 atom stereocenters. The normalized spacial score (nSPS) is 17.4. The standard InChI is InChI=1S/C9H13N3S/c10-9(12-8-1-2-8)11-5-7-3-4-13-6-7/h3-4,6,8H,1-2,5H2,(H3,10,11,12). The molecule has 3 N–H and O–H groups in total. The molecule has 4 heteroatoms. The number of nitrogens with one attached hydrogen (secondary N) is 1. The van der Waals surface area contributed by atoms with Crippen LogP contribution in [0.5, 0.6) is 0 Å². The monoisotopic (exact) mass is 195 g/mol. The Labute approximate surface area is 81.7 Å². The summed E-state index contributed by atoms with van der Waals surface area (Å²) in [6.45, 7) is 0.690. The van der Waals surface area contributed by atoms with E-state index in [9.17, 15) is 0 Å². The summed E-state index contributed by atoms with van der Waals surface area (Å²) in [6, 6.07) is 2.66. The zero-order chi connectivity index (χ0) is 9.10. The number of guanidine groups is 1. The summed E-state index contributed by atoms with van der Waals surface area (Å²) in [6.07, 6.45) is 2.46. The molecule has 1 heterocycles. The highest BCUT2D eigenvalue weighted by molar-refractivity contribution is 7.07. The van der Waals surface area contributed by atoms with Crippen molar-refractivity contribution in [2.45, 2.75) is 25.4 Å². The lowest BCUT2D eigenvalue weighted by atomic mass is 10.3. The molecule has 0 aromatic carbocycles. The van der Waals surface area contributed by atoms with Crippen molar-refractivity contribution >= 4 is 17.3 Å². The molecule has 1 aliphatic rings. The Kier molecular flexibility index (Phi) is 2.49. The number of thiophene rings is 1. The summed E-state index contributed by atoms with van der Waals surface area (Å²) >= 11 is 1.69. The molecule has 1 aromatic rings. The third kappa shape index (κ3) is 2.73. The average molecular weight is 195 g/mol. The van der Waals surface area contributed by atoms with Crippen LogP contribution in [0.15, 0.2) is 21.8 Å². The zero-order valence-corrected chi connectivity index (χ0v) is 8.18. The van der Waals surface area contributed by atoms with Crippen molar-refractivity contribution in [1.29, 1.82) is 0 Å². The van der Waals surface area contributed by atoms with Crippen LogP contribution in [-0.4, -0.2) is 12.0 Å². The van der Waals surface area contributed by atoms with Gasteiger partial charge < -0.3 is 11.1 Å². The van der Waals surface area contributed by atoms with E-state index < -0.39 is 0 Å². The molecule has 0 radical (unpaired) electrons. The third-order valence-corrected chi connectivity index (χ3v) is 2.67. The van der Waals surface area contributed by atoms with E-state index in [1.165, 1.54) is 18.4 Å². The minimum atomic E-state index is 0.578. The van der Waals surface area contributed by atoms with Gasteiger partial charge in [-0.05, 0) is 35.2 Å². The summed E-state index contributed by atoms with van der Waals surface area (Å²) in [4.78, 5) is 4.24. The summed E-state index contributed by atoms with van der Waals surface area (Å²) in [5, 5.41) is 7.29. The molecule has 0 spiro atoms. The van der Waals surface area contributed by atoms with Gasteiger partial charge in [0.25, 0.3) is 0 Å². The van der Waals surface area contributed by atoms with Gasteiger partial charge in [0.2, 0.25) is 0 Å². The number of rotatable bonds is 3. The molecule has 1 fully saturated rings. The van der Waals surface area contributed by atoms with E-state index in [1.54, 1.807) is 11.3 Å². The fraction of sp³-hybridized carbons (Fsp3) is 0.444. The molecule has 0 unspecified atom stereocenters. The minimum absolute atomic E-state index is 0.578. The van der Waals surface area contributed by atoms with Gasteiger partial charge in [-0.25, -0.2) is 4.99 Å². The Balaban J connectivity index is 1.81. The second-order valence-electron chi connectivity index (χ2n) is 3.25. The van der Waals surface area contributed by atoms with E-state index in [4.69, 9.17) is 5.73 Å². The number of aliphatic imine (C=N–C) groups is 1. The van der Waals surface area contributed by atoms with Gasteiger partial charge in [-0.1, -0.05) is 0 Å². The Morgan fingerprint density at radius 3 is 3.15 bits per heavy atom. The Bertz CT molecular complexity index is 288. The van der Waals surface area contributed by atoms with Crippen molar-refractivity contribution in [2.24, 2.45) is 10.7 Å². The fourth-order valence-corrected chi connectivity index (χ4v) is 1.70. The summed E-state index contributed by atoms with van der Waals surface area (Å²) in [5.41, 5.74) is 6.90. The molecule has 0 bridgehead atoms. The molecule has 1 aromatic heterocycles. The summed E-state index contributed by atoms with van der Waals surface area (Å²) < 4.78 is 0. The van der Waals surface area contributed by atoms with Crippen molar-refractivity contribution in [1.82, 2.24) is 5.32 Å². The molecule has 1 aliphatic carbocycles. The topological polar surface area (TPSA) is 50.4 Å². The number of hydrogen-bond donors (Lipinski definition) is 2. The lowest BCUT2D eigenvalue weighted by Crippen LogP contribution is -2.33. The molecule has 2 rings (SSSR count). The lowest BCUT2D eigenvalue weighted by Gasteiger charge is -2.01. The van der Waals surface area contributed by atoms with Gasteiger partial charge in [-0.3, -0.25) is 0 Å². The van der Waals surface area contributed by atoms with Crippen molar-refractivity contribution in [3.8, 4) is 0 Å². The van der Waals surface area contributed by atoms with Gasteiger partial charge in [0.15, 0.2) is 5.96 Å². The van der Waals surface area contributed by atoms with Crippen LogP contribution in [0.2, 0.25) is 0 Å². The van der Waals surface area contributed by atoms with E-state index in [0.717, 1.165) is 0 Å². The van der Waals surface area contributed by atoms with Gasteiger partial charge in [0.1, 0.15) is 0 Å². The highest BCUT2D eigenvalue weighted by Gasteiger charge is 2.21. The van der Waals surface area contributed by atoms with E-state index >= 15 is 0 Å². The SMILES string of the molecule is NC(=NCc1ccsc1)NC1CC1. The Morgan fingerprint density at radius 1 is 1.69 bits per heavy atom. The first kappa shape index (κ1) is 8.56. The zero-order valence-electron chi connectivity index (χ0n) is 7.36. The van der Waals surface area contributed by atoms with Crippen molar-refractivity contribution < 1.29 is 0 Å². The number of nitrogens with zero attached hydrogens (tertiary/aromatic N) is 1. The fourth-order valence-electron chi connectivity index (χ4n) is 1.04. The second kappa shape index (κ2) is 3.79. The summed E-state index contributed by atoms with van der Waals surface area (Å²) in [7, 11) is 0. The second-order valence-corrected chi connectivity index (χ2v) is 4.03. The first-order valence-electron chi connectivity index (χ1n) is 4.42. The van der Waals surface area contributed by atoms with E-state index in [1.807, 2.05) is 0 Å². The molecule has 13 heavy (non-hydrogen) atoms. The smallest absolute Gasteiger partial charge is 0.189 e. The molecule has 0 amide bonds. The van der Waals surface area contributed by atoms with Crippen molar-refractivity contribution in [3.05, 3.63) is 22.4 Å². The molecular formula is C9H13N3S. The van der Waals surface area contributed by atoms with Gasteiger partial charge in [0, 0.05) is 6.04 Å². The van der Waals surface area contributed by atoms with Crippen molar-refractivity contribution in [3.63, 3.8) is 0 Å². The molecule has 70 valence electrons. The van der Waals surface area contributed by atoms with E-state index in [0.29, 0.717) is 18.5 Å². The van der Waals surface area contributed by atoms with Crippen LogP contribution < -0.4 is 11.1 Å². The quantitative estimate of drug-likeness (QED) is 0.564. The predicted octanol–water partition coefficient (Wildman–Crippen LogP) is 1.31. The van der Waals surface area contributed by atoms with Crippen LogP contribution in [0.3, 0.4) is 0 Å². The average Bonchev–Trinajstić information content (AvgIpc) is 2.78. The number of nitrogens with two attached hydrogens (primary N) is 1. The molecular weight excluding hydrogens is 182 g/mol. The summed E-state index contributed by atoms with van der Waals surface area (Å²) in [5.74, 6) is 0.578. The van der Waals surface area contributed by atoms with Gasteiger partial charge in [0.05, 0.1) is 6.54 Å². The van der Waals surface area contributed by atoms with Crippen LogP contribution in [0.4, 0.5) is 0 Å². The maximum absolute atomic E-state index is 5.67. The van der Waals surface area contributed by atoms with Crippen molar-refractivity contribution in [2.75, 3.05) is 0 Å². The first-order chi connectivity index (χ1) is 6.34. The third-order valence-electron chi connectivity index (χ3n) is 1.94. The maximum Gasteiger partial charge on any atom is 0.189 e. The number of hydrogen-bond acceptors (Lipinski definition) is 2. The van der Waals surface area contributed by atoms with Gasteiger partial charge in [-0.2, -0.15) is 11.3 Å². The minimum Gasteiger partial charge on any atom is -0.370 e. The first-order valence-corrected chi connectivity index (χ1v) is 5.36. The lowest BCUT2D eigenvalue weighted by molar-refractivity contribution is 0.879. The van der Waals surface area contributed by atoms with Gasteiger partial charge >= 0.3 is 0 Å². The van der Waals surface area contributed by atoms with Crippen LogP contribution in [0, 0.1) is 0 Å². The Morgan fingerprint density at radius 2 is 2.54 bits per heavy atom. The highest BCUT2D eigenvalue weighted by atomic mass is 32.1. The van der Waals surface area contributed by atoms with E-state index in [2.05, 4.69) is 27.1 Å². The molecule has 3 nitrogen and oxygen atoms in total. The van der Waals surface area contributed by atoms with E-state index in [-0.39, 0.29) is 0 Å². The molecule has 0 saturated heterocycles. The van der Waals surface area contributed by atoms with Crippen LogP contribution in [0.1, 0.15) is 18.4 Å². The largest absolute Gasteiger partial charge is 0.370 e. The predicted molar refractivity (Wildman–Crippen MR) is 55.8 cm³/mol. The molecule has 0 aliphatic heterocycles. The van der Waals surface area contributed by atoms with Crippen LogP contribution in [0.25, 0.3) is 0 Å². The Hall–Kier alpha value is -1.03.